The van der Waals surface area contributed by atoms with Crippen molar-refractivity contribution < 1.29 is 17.9 Å². The molecular formula is C12H15ClO4S. The molecule has 0 saturated heterocycles. The fourth-order valence-electron chi connectivity index (χ4n) is 1.73. The van der Waals surface area contributed by atoms with Crippen LogP contribution < -0.4 is 9.47 Å². The summed E-state index contributed by atoms with van der Waals surface area (Å²) in [4.78, 5) is 0. The highest BCUT2D eigenvalue weighted by Gasteiger charge is 2.16. The number of rotatable bonds is 3. The number of hydrogen-bond acceptors (Lipinski definition) is 4. The molecule has 2 rings (SSSR count). The predicted molar refractivity (Wildman–Crippen MR) is 70.5 cm³/mol. The van der Waals surface area contributed by atoms with Crippen molar-refractivity contribution in [3.63, 3.8) is 0 Å². The second-order valence-electron chi connectivity index (χ2n) is 4.34. The minimum atomic E-state index is -2.98. The van der Waals surface area contributed by atoms with E-state index in [0.29, 0.717) is 36.2 Å². The van der Waals surface area contributed by atoms with Crippen LogP contribution in [0.1, 0.15) is 12.0 Å². The van der Waals surface area contributed by atoms with Gasteiger partial charge in [0, 0.05) is 12.7 Å². The van der Waals surface area contributed by atoms with Crippen LogP contribution in [0.5, 0.6) is 11.5 Å². The molecule has 0 N–H and O–H groups in total. The van der Waals surface area contributed by atoms with E-state index < -0.39 is 9.84 Å². The van der Waals surface area contributed by atoms with Crippen molar-refractivity contribution in [2.45, 2.75) is 12.8 Å². The number of halogens is 1. The summed E-state index contributed by atoms with van der Waals surface area (Å²) in [6.07, 6.45) is 2.45. The fraction of sp³-hybridized carbons (Fsp3) is 0.500. The first kappa shape index (κ1) is 13.5. The molecule has 0 bridgehead atoms. The van der Waals surface area contributed by atoms with Gasteiger partial charge >= 0.3 is 0 Å². The molecule has 0 saturated carbocycles. The topological polar surface area (TPSA) is 52.6 Å². The van der Waals surface area contributed by atoms with Gasteiger partial charge in [-0.1, -0.05) is 11.6 Å². The maximum atomic E-state index is 11.1. The zero-order chi connectivity index (χ0) is 13.2. The van der Waals surface area contributed by atoms with E-state index in [1.54, 1.807) is 12.1 Å². The van der Waals surface area contributed by atoms with Gasteiger partial charge in [-0.2, -0.15) is 0 Å². The van der Waals surface area contributed by atoms with Gasteiger partial charge in [0.25, 0.3) is 0 Å². The van der Waals surface area contributed by atoms with Crippen LogP contribution in [0, 0.1) is 0 Å². The van der Waals surface area contributed by atoms with Crippen molar-refractivity contribution in [3.8, 4) is 11.5 Å². The molecule has 0 unspecified atom stereocenters. The Kier molecular flexibility index (Phi) is 4.02. The van der Waals surface area contributed by atoms with E-state index in [1.165, 1.54) is 6.26 Å². The molecule has 1 aliphatic rings. The lowest BCUT2D eigenvalue weighted by Crippen LogP contribution is -2.06. The molecule has 6 heteroatoms. The maximum absolute atomic E-state index is 11.1. The maximum Gasteiger partial charge on any atom is 0.179 e. The molecule has 4 nitrogen and oxygen atoms in total. The molecular weight excluding hydrogens is 276 g/mol. The van der Waals surface area contributed by atoms with Crippen LogP contribution in [-0.2, 0) is 16.3 Å². The molecule has 0 amide bonds. The highest BCUT2D eigenvalue weighted by molar-refractivity contribution is 7.90. The van der Waals surface area contributed by atoms with E-state index in [0.717, 1.165) is 12.0 Å². The van der Waals surface area contributed by atoms with Crippen molar-refractivity contribution in [3.05, 3.63) is 22.7 Å². The van der Waals surface area contributed by atoms with E-state index in [-0.39, 0.29) is 5.75 Å². The highest BCUT2D eigenvalue weighted by Crippen LogP contribution is 2.38. The molecule has 1 heterocycles. The smallest absolute Gasteiger partial charge is 0.179 e. The highest BCUT2D eigenvalue weighted by atomic mass is 35.5. The Balaban J connectivity index is 2.23. The third-order valence-electron chi connectivity index (χ3n) is 2.62. The van der Waals surface area contributed by atoms with Crippen molar-refractivity contribution >= 4 is 21.4 Å². The molecule has 18 heavy (non-hydrogen) atoms. The molecule has 0 fully saturated rings. The molecule has 1 aromatic rings. The predicted octanol–water partition coefficient (Wildman–Crippen LogP) is 2.09. The van der Waals surface area contributed by atoms with Gasteiger partial charge in [-0.05, 0) is 24.1 Å². The first-order valence-electron chi connectivity index (χ1n) is 5.71. The van der Waals surface area contributed by atoms with Gasteiger partial charge in [-0.25, -0.2) is 8.42 Å². The second-order valence-corrected chi connectivity index (χ2v) is 7.00. The Morgan fingerprint density at radius 2 is 2.00 bits per heavy atom. The first-order chi connectivity index (χ1) is 8.46. The standard InChI is InChI=1S/C12H15ClO4S/c1-18(14,15)6-3-9-7-10(13)12-11(8-9)16-4-2-5-17-12/h7-8H,2-6H2,1H3. The quantitative estimate of drug-likeness (QED) is 0.855. The molecule has 0 atom stereocenters. The Hall–Kier alpha value is -0.940. The van der Waals surface area contributed by atoms with E-state index in [4.69, 9.17) is 21.1 Å². The van der Waals surface area contributed by atoms with E-state index in [2.05, 4.69) is 0 Å². The Bertz CT molecular complexity index is 539. The van der Waals surface area contributed by atoms with E-state index in [9.17, 15) is 8.42 Å². The van der Waals surface area contributed by atoms with Gasteiger partial charge in [0.05, 0.1) is 24.0 Å². The first-order valence-corrected chi connectivity index (χ1v) is 8.15. The summed E-state index contributed by atoms with van der Waals surface area (Å²) >= 11 is 6.12. The van der Waals surface area contributed by atoms with Crippen LogP contribution in [0.3, 0.4) is 0 Å². The van der Waals surface area contributed by atoms with Gasteiger partial charge in [0.15, 0.2) is 11.5 Å². The van der Waals surface area contributed by atoms with Gasteiger partial charge in [-0.15, -0.1) is 0 Å². The molecule has 0 aromatic heterocycles. The van der Waals surface area contributed by atoms with Crippen LogP contribution in [0.2, 0.25) is 5.02 Å². The third kappa shape index (κ3) is 3.53. The van der Waals surface area contributed by atoms with Crippen molar-refractivity contribution in [1.82, 2.24) is 0 Å². The Morgan fingerprint density at radius 1 is 1.28 bits per heavy atom. The van der Waals surface area contributed by atoms with Crippen LogP contribution in [0.4, 0.5) is 0 Å². The summed E-state index contributed by atoms with van der Waals surface area (Å²) in [5, 5.41) is 0.470. The minimum Gasteiger partial charge on any atom is -0.489 e. The minimum absolute atomic E-state index is 0.100. The summed E-state index contributed by atoms with van der Waals surface area (Å²) in [6.45, 7) is 1.16. The molecule has 0 spiro atoms. The molecule has 100 valence electrons. The Labute approximate surface area is 112 Å². The average molecular weight is 291 g/mol. The SMILES string of the molecule is CS(=O)(=O)CCc1cc(Cl)c2c(c1)OCCCO2. The Morgan fingerprint density at radius 3 is 2.72 bits per heavy atom. The molecule has 1 aliphatic heterocycles. The van der Waals surface area contributed by atoms with Crippen molar-refractivity contribution in [2.75, 3.05) is 25.2 Å². The number of sulfone groups is 1. The summed E-state index contributed by atoms with van der Waals surface area (Å²) in [5.41, 5.74) is 0.842. The zero-order valence-corrected chi connectivity index (χ0v) is 11.7. The van der Waals surface area contributed by atoms with Crippen LogP contribution in [0.15, 0.2) is 12.1 Å². The number of aryl methyl sites for hydroxylation is 1. The average Bonchev–Trinajstić information content (AvgIpc) is 2.51. The summed E-state index contributed by atoms with van der Waals surface area (Å²) in [6, 6.07) is 3.54. The summed E-state index contributed by atoms with van der Waals surface area (Å²) in [5.74, 6) is 1.25. The number of ether oxygens (including phenoxy) is 2. The lowest BCUT2D eigenvalue weighted by molar-refractivity contribution is 0.297. The number of hydrogen-bond donors (Lipinski definition) is 0. The van der Waals surface area contributed by atoms with E-state index in [1.807, 2.05) is 0 Å². The molecule has 0 aliphatic carbocycles. The third-order valence-corrected chi connectivity index (χ3v) is 3.85. The number of benzene rings is 1. The summed E-state index contributed by atoms with van der Waals surface area (Å²) < 4.78 is 33.3. The van der Waals surface area contributed by atoms with E-state index >= 15 is 0 Å². The van der Waals surface area contributed by atoms with Gasteiger partial charge < -0.3 is 9.47 Å². The second kappa shape index (κ2) is 5.36. The van der Waals surface area contributed by atoms with Crippen LogP contribution in [-0.4, -0.2) is 33.6 Å². The van der Waals surface area contributed by atoms with Crippen molar-refractivity contribution in [1.29, 1.82) is 0 Å². The van der Waals surface area contributed by atoms with Gasteiger partial charge in [-0.3, -0.25) is 0 Å². The normalized spacial score (nSPS) is 15.2. The van der Waals surface area contributed by atoms with Crippen LogP contribution in [0.25, 0.3) is 0 Å². The lowest BCUT2D eigenvalue weighted by atomic mass is 10.1. The van der Waals surface area contributed by atoms with Crippen molar-refractivity contribution in [2.24, 2.45) is 0 Å². The molecule has 0 radical (unpaired) electrons. The summed E-state index contributed by atoms with van der Waals surface area (Å²) in [7, 11) is -2.98. The number of fused-ring (bicyclic) bond motifs is 1. The van der Waals surface area contributed by atoms with Gasteiger partial charge in [0.2, 0.25) is 0 Å². The fourth-order valence-corrected chi connectivity index (χ4v) is 2.63. The monoisotopic (exact) mass is 290 g/mol. The largest absolute Gasteiger partial charge is 0.489 e. The lowest BCUT2D eigenvalue weighted by Gasteiger charge is -2.11. The van der Waals surface area contributed by atoms with Crippen LogP contribution >= 0.6 is 11.6 Å². The molecule has 1 aromatic carbocycles. The zero-order valence-electron chi connectivity index (χ0n) is 10.1. The van der Waals surface area contributed by atoms with Gasteiger partial charge in [0.1, 0.15) is 9.84 Å².